The lowest BCUT2D eigenvalue weighted by atomic mass is 9.93. The first kappa shape index (κ1) is 12.1. The number of hydrogen-bond donors (Lipinski definition) is 0. The minimum Gasteiger partial charge on any atom is -0.340 e. The van der Waals surface area contributed by atoms with Crippen molar-refractivity contribution in [1.82, 2.24) is 19.7 Å². The topological polar surface area (TPSA) is 51.0 Å². The van der Waals surface area contributed by atoms with Crippen LogP contribution >= 0.6 is 0 Å². The van der Waals surface area contributed by atoms with Gasteiger partial charge in [0, 0.05) is 18.5 Å². The number of hydrogen-bond acceptors (Lipinski definition) is 3. The Morgan fingerprint density at radius 3 is 2.76 bits per heavy atom. The molecule has 0 bridgehead atoms. The smallest absolute Gasteiger partial charge is 0.228 e. The number of aromatic nitrogens is 3. The lowest BCUT2D eigenvalue weighted by Gasteiger charge is -2.36. The van der Waals surface area contributed by atoms with E-state index in [-0.39, 0.29) is 17.4 Å². The second kappa shape index (κ2) is 4.47. The van der Waals surface area contributed by atoms with E-state index in [0.717, 1.165) is 25.9 Å². The Hall–Kier alpha value is -1.39. The summed E-state index contributed by atoms with van der Waals surface area (Å²) in [5, 5.41) is 4.16. The third kappa shape index (κ3) is 2.65. The number of piperidine rings is 1. The van der Waals surface area contributed by atoms with Crippen molar-refractivity contribution in [1.29, 1.82) is 0 Å². The van der Waals surface area contributed by atoms with Crippen molar-refractivity contribution >= 4 is 5.91 Å². The van der Waals surface area contributed by atoms with Crippen LogP contribution in [-0.4, -0.2) is 38.7 Å². The first-order valence-corrected chi connectivity index (χ1v) is 6.12. The van der Waals surface area contributed by atoms with Gasteiger partial charge in [0.25, 0.3) is 0 Å². The highest BCUT2D eigenvalue weighted by Gasteiger charge is 2.31. The van der Waals surface area contributed by atoms with Gasteiger partial charge in [-0.25, -0.2) is 9.67 Å². The summed E-state index contributed by atoms with van der Waals surface area (Å²) < 4.78 is 1.86. The van der Waals surface area contributed by atoms with Gasteiger partial charge in [-0.1, -0.05) is 20.8 Å². The third-order valence-corrected chi connectivity index (χ3v) is 3.14. The standard InChI is InChI=1S/C12H20N4O/c1-12(2,3)11(17)15-6-4-5-10(7-15)16-9-13-8-14-16/h8-10H,4-7H2,1-3H3/t10-/m0/s1. The summed E-state index contributed by atoms with van der Waals surface area (Å²) in [7, 11) is 0. The average molecular weight is 236 g/mol. The highest BCUT2D eigenvalue weighted by Crippen LogP contribution is 2.25. The molecule has 1 aromatic rings. The zero-order valence-electron chi connectivity index (χ0n) is 10.8. The van der Waals surface area contributed by atoms with E-state index in [0.29, 0.717) is 0 Å². The predicted octanol–water partition coefficient (Wildman–Crippen LogP) is 1.49. The van der Waals surface area contributed by atoms with Crippen LogP contribution in [0.2, 0.25) is 0 Å². The number of carbonyl (C=O) groups is 1. The predicted molar refractivity (Wildman–Crippen MR) is 64.3 cm³/mol. The molecule has 2 rings (SSSR count). The summed E-state index contributed by atoms with van der Waals surface area (Å²) >= 11 is 0. The maximum Gasteiger partial charge on any atom is 0.228 e. The molecule has 1 fully saturated rings. The Kier molecular flexibility index (Phi) is 3.17. The summed E-state index contributed by atoms with van der Waals surface area (Å²) in [5.74, 6) is 0.224. The van der Waals surface area contributed by atoms with E-state index in [9.17, 15) is 4.79 Å². The van der Waals surface area contributed by atoms with Crippen LogP contribution < -0.4 is 0 Å². The van der Waals surface area contributed by atoms with Crippen molar-refractivity contribution in [3.05, 3.63) is 12.7 Å². The van der Waals surface area contributed by atoms with Crippen LogP contribution in [0, 0.1) is 5.41 Å². The molecule has 5 heteroatoms. The summed E-state index contributed by atoms with van der Waals surface area (Å²) in [6, 6.07) is 0.276. The number of carbonyl (C=O) groups excluding carboxylic acids is 1. The third-order valence-electron chi connectivity index (χ3n) is 3.14. The molecular formula is C12H20N4O. The van der Waals surface area contributed by atoms with Crippen LogP contribution in [-0.2, 0) is 4.79 Å². The van der Waals surface area contributed by atoms with Gasteiger partial charge in [-0.05, 0) is 12.8 Å². The molecule has 0 aromatic carbocycles. The van der Waals surface area contributed by atoms with E-state index in [1.165, 1.54) is 0 Å². The zero-order valence-corrected chi connectivity index (χ0v) is 10.8. The van der Waals surface area contributed by atoms with E-state index in [4.69, 9.17) is 0 Å². The maximum atomic E-state index is 12.2. The lowest BCUT2D eigenvalue weighted by Crippen LogP contribution is -2.45. The fraction of sp³-hybridized carbons (Fsp3) is 0.750. The second-order valence-electron chi connectivity index (χ2n) is 5.67. The molecule has 0 spiro atoms. The normalized spacial score (nSPS) is 21.6. The fourth-order valence-electron chi connectivity index (χ4n) is 2.24. The molecule has 1 aromatic heterocycles. The van der Waals surface area contributed by atoms with Gasteiger partial charge in [0.05, 0.1) is 6.04 Å². The summed E-state index contributed by atoms with van der Waals surface area (Å²) in [4.78, 5) is 18.1. The van der Waals surface area contributed by atoms with Gasteiger partial charge < -0.3 is 4.90 Å². The minimum absolute atomic E-state index is 0.224. The fourth-order valence-corrected chi connectivity index (χ4v) is 2.24. The van der Waals surface area contributed by atoms with Gasteiger partial charge >= 0.3 is 0 Å². The van der Waals surface area contributed by atoms with Crippen LogP contribution in [0.4, 0.5) is 0 Å². The van der Waals surface area contributed by atoms with Gasteiger partial charge in [-0.2, -0.15) is 5.10 Å². The molecule has 0 unspecified atom stereocenters. The highest BCUT2D eigenvalue weighted by molar-refractivity contribution is 5.81. The van der Waals surface area contributed by atoms with Crippen LogP contribution in [0.15, 0.2) is 12.7 Å². The molecule has 0 N–H and O–H groups in total. The molecule has 1 saturated heterocycles. The first-order chi connectivity index (χ1) is 7.98. The Bertz CT molecular complexity index is 380. The van der Waals surface area contributed by atoms with Crippen LogP contribution in [0.1, 0.15) is 39.7 Å². The highest BCUT2D eigenvalue weighted by atomic mass is 16.2. The second-order valence-corrected chi connectivity index (χ2v) is 5.67. The number of rotatable bonds is 1. The van der Waals surface area contributed by atoms with E-state index in [1.807, 2.05) is 30.4 Å². The van der Waals surface area contributed by atoms with Gasteiger partial charge in [0.2, 0.25) is 5.91 Å². The summed E-state index contributed by atoms with van der Waals surface area (Å²) in [6.07, 6.45) is 5.38. The van der Waals surface area contributed by atoms with Crippen molar-refractivity contribution in [3.63, 3.8) is 0 Å². The Balaban J connectivity index is 2.05. The van der Waals surface area contributed by atoms with Crippen molar-refractivity contribution < 1.29 is 4.79 Å². The molecule has 1 atom stereocenters. The molecule has 1 amide bonds. The van der Waals surface area contributed by atoms with Crippen LogP contribution in [0.3, 0.4) is 0 Å². The van der Waals surface area contributed by atoms with Gasteiger partial charge in [-0.3, -0.25) is 4.79 Å². The Morgan fingerprint density at radius 1 is 1.41 bits per heavy atom. The summed E-state index contributed by atoms with van der Waals surface area (Å²) in [6.45, 7) is 7.51. The van der Waals surface area contributed by atoms with Gasteiger partial charge in [0.15, 0.2) is 0 Å². The molecule has 0 saturated carbocycles. The lowest BCUT2D eigenvalue weighted by molar-refractivity contribution is -0.141. The van der Waals surface area contributed by atoms with Crippen molar-refractivity contribution in [3.8, 4) is 0 Å². The number of likely N-dealkylation sites (tertiary alicyclic amines) is 1. The van der Waals surface area contributed by atoms with Crippen molar-refractivity contribution in [2.24, 2.45) is 5.41 Å². The average Bonchev–Trinajstić information content (AvgIpc) is 2.80. The van der Waals surface area contributed by atoms with Crippen LogP contribution in [0.25, 0.3) is 0 Å². The molecule has 2 heterocycles. The molecule has 0 radical (unpaired) electrons. The Labute approximate surface area is 102 Å². The molecule has 1 aliphatic heterocycles. The molecule has 0 aliphatic carbocycles. The van der Waals surface area contributed by atoms with E-state index in [1.54, 1.807) is 12.7 Å². The van der Waals surface area contributed by atoms with E-state index in [2.05, 4.69) is 10.1 Å². The van der Waals surface area contributed by atoms with Crippen LogP contribution in [0.5, 0.6) is 0 Å². The molecule has 94 valence electrons. The maximum absolute atomic E-state index is 12.2. The van der Waals surface area contributed by atoms with Gasteiger partial charge in [0.1, 0.15) is 12.7 Å². The van der Waals surface area contributed by atoms with E-state index >= 15 is 0 Å². The largest absolute Gasteiger partial charge is 0.340 e. The molecule has 1 aliphatic rings. The summed E-state index contributed by atoms with van der Waals surface area (Å²) in [5.41, 5.74) is -0.301. The number of nitrogens with zero attached hydrogens (tertiary/aromatic N) is 4. The first-order valence-electron chi connectivity index (χ1n) is 6.12. The molecular weight excluding hydrogens is 216 g/mol. The number of amides is 1. The van der Waals surface area contributed by atoms with E-state index < -0.39 is 0 Å². The van der Waals surface area contributed by atoms with Gasteiger partial charge in [-0.15, -0.1) is 0 Å². The van der Waals surface area contributed by atoms with Crippen molar-refractivity contribution in [2.75, 3.05) is 13.1 Å². The molecule has 17 heavy (non-hydrogen) atoms. The SMILES string of the molecule is CC(C)(C)C(=O)N1CCC[C@H](n2cncn2)C1. The Morgan fingerprint density at radius 2 is 2.18 bits per heavy atom. The van der Waals surface area contributed by atoms with Crippen molar-refractivity contribution in [2.45, 2.75) is 39.7 Å². The monoisotopic (exact) mass is 236 g/mol. The zero-order chi connectivity index (χ0) is 12.5. The minimum atomic E-state index is -0.301. The quantitative estimate of drug-likeness (QED) is 0.742. The molecule has 5 nitrogen and oxygen atoms in total.